The fraction of sp³-hybridized carbons (Fsp3) is 0.481. The first-order valence-electron chi connectivity index (χ1n) is 12.1. The van der Waals surface area contributed by atoms with Gasteiger partial charge in [0.25, 0.3) is 0 Å². The van der Waals surface area contributed by atoms with E-state index in [-0.39, 0.29) is 36.0 Å². The number of halogens is 1. The molecule has 0 aromatic heterocycles. The molecule has 1 unspecified atom stereocenters. The highest BCUT2D eigenvalue weighted by atomic mass is 127. The van der Waals surface area contributed by atoms with Crippen molar-refractivity contribution in [3.05, 3.63) is 70.3 Å². The predicted octanol–water partition coefficient (Wildman–Crippen LogP) is 4.58. The first-order valence-corrected chi connectivity index (χ1v) is 12.1. The molecule has 2 heterocycles. The summed E-state index contributed by atoms with van der Waals surface area (Å²) in [4.78, 5) is 21.8. The number of morpholine rings is 1. The minimum Gasteiger partial charge on any atom is -0.370 e. The van der Waals surface area contributed by atoms with Crippen molar-refractivity contribution in [3.8, 4) is 0 Å². The zero-order valence-corrected chi connectivity index (χ0v) is 22.9. The Bertz CT molecular complexity index is 985. The van der Waals surface area contributed by atoms with Crippen molar-refractivity contribution in [1.29, 1.82) is 0 Å². The van der Waals surface area contributed by atoms with Gasteiger partial charge >= 0.3 is 0 Å². The summed E-state index contributed by atoms with van der Waals surface area (Å²) in [5.41, 5.74) is 6.32. The van der Waals surface area contributed by atoms with Gasteiger partial charge in [0.1, 0.15) is 6.10 Å². The third-order valence-corrected chi connectivity index (χ3v) is 6.48. The van der Waals surface area contributed by atoms with E-state index in [2.05, 4.69) is 61.3 Å². The number of amides is 1. The number of aliphatic imine (C=N–C) groups is 1. The topological polar surface area (TPSA) is 57.2 Å². The van der Waals surface area contributed by atoms with Crippen LogP contribution in [0.5, 0.6) is 0 Å². The molecule has 0 aliphatic carbocycles. The highest BCUT2D eigenvalue weighted by Crippen LogP contribution is 2.26. The number of guanidine groups is 1. The molecule has 0 spiro atoms. The minimum absolute atomic E-state index is 0. The van der Waals surface area contributed by atoms with E-state index in [4.69, 9.17) is 9.73 Å². The molecule has 2 aromatic carbocycles. The molecular weight excluding hydrogens is 539 g/mol. The Morgan fingerprint density at radius 1 is 1.12 bits per heavy atom. The van der Waals surface area contributed by atoms with E-state index < -0.39 is 0 Å². The third kappa shape index (κ3) is 6.50. The summed E-state index contributed by atoms with van der Waals surface area (Å²) in [5, 5.41) is 3.43. The van der Waals surface area contributed by atoms with Crippen molar-refractivity contribution in [2.24, 2.45) is 4.99 Å². The van der Waals surface area contributed by atoms with Gasteiger partial charge < -0.3 is 19.9 Å². The number of nitrogens with one attached hydrogen (secondary N) is 1. The lowest BCUT2D eigenvalue weighted by Gasteiger charge is -2.36. The van der Waals surface area contributed by atoms with Gasteiger partial charge in [-0.3, -0.25) is 9.79 Å². The smallest absolute Gasteiger partial charge is 0.223 e. The van der Waals surface area contributed by atoms with Crippen molar-refractivity contribution in [2.45, 2.75) is 52.8 Å². The Hall–Kier alpha value is -2.13. The minimum atomic E-state index is 0. The van der Waals surface area contributed by atoms with Gasteiger partial charge in [-0.1, -0.05) is 48.0 Å². The quantitative estimate of drug-likeness (QED) is 0.237. The van der Waals surface area contributed by atoms with Crippen LogP contribution in [0.2, 0.25) is 0 Å². The summed E-state index contributed by atoms with van der Waals surface area (Å²) in [6.07, 6.45) is 1.33. The summed E-state index contributed by atoms with van der Waals surface area (Å²) in [6, 6.07) is 14.9. The predicted molar refractivity (Wildman–Crippen MR) is 148 cm³/mol. The molecule has 7 heteroatoms. The van der Waals surface area contributed by atoms with Crippen LogP contribution in [0.25, 0.3) is 0 Å². The second-order valence-electron chi connectivity index (χ2n) is 9.02. The zero-order valence-electron chi connectivity index (χ0n) is 20.5. The lowest BCUT2D eigenvalue weighted by atomic mass is 10.00. The highest BCUT2D eigenvalue weighted by molar-refractivity contribution is 14.0. The number of aryl methyl sites for hydroxylation is 2. The highest BCUT2D eigenvalue weighted by Gasteiger charge is 2.25. The molecule has 6 nitrogen and oxygen atoms in total. The van der Waals surface area contributed by atoms with Gasteiger partial charge in [0.05, 0.1) is 13.2 Å². The molecule has 1 N–H and O–H groups in total. The Labute approximate surface area is 220 Å². The van der Waals surface area contributed by atoms with E-state index in [0.717, 1.165) is 45.1 Å². The van der Waals surface area contributed by atoms with Gasteiger partial charge in [0.15, 0.2) is 5.96 Å². The Balaban J connectivity index is 0.00000324. The lowest BCUT2D eigenvalue weighted by Crippen LogP contribution is -2.48. The molecule has 1 atom stereocenters. The Kier molecular flexibility index (Phi) is 9.76. The molecule has 0 saturated carbocycles. The van der Waals surface area contributed by atoms with Gasteiger partial charge in [-0.05, 0) is 49.4 Å². The number of hydrogen-bond acceptors (Lipinski definition) is 3. The molecule has 4 rings (SSSR count). The average Bonchev–Trinajstić information content (AvgIpc) is 3.25. The van der Waals surface area contributed by atoms with E-state index in [1.807, 2.05) is 17.0 Å². The second kappa shape index (κ2) is 12.5. The maximum Gasteiger partial charge on any atom is 0.223 e. The first kappa shape index (κ1) is 26.5. The third-order valence-electron chi connectivity index (χ3n) is 6.48. The van der Waals surface area contributed by atoms with Crippen LogP contribution in [-0.2, 0) is 22.6 Å². The summed E-state index contributed by atoms with van der Waals surface area (Å²) < 4.78 is 6.11. The van der Waals surface area contributed by atoms with Gasteiger partial charge in [-0.15, -0.1) is 24.0 Å². The molecule has 0 bridgehead atoms. The van der Waals surface area contributed by atoms with Gasteiger partial charge in [0.2, 0.25) is 5.91 Å². The fourth-order valence-corrected chi connectivity index (χ4v) is 4.73. The van der Waals surface area contributed by atoms with E-state index in [0.29, 0.717) is 19.6 Å². The number of rotatable bonds is 6. The van der Waals surface area contributed by atoms with Crippen LogP contribution in [0.1, 0.15) is 53.7 Å². The molecule has 0 radical (unpaired) electrons. The maximum atomic E-state index is 12.7. The van der Waals surface area contributed by atoms with E-state index >= 15 is 0 Å². The molecule has 1 amide bonds. The number of fused-ring (bicyclic) bond motifs is 1. The summed E-state index contributed by atoms with van der Waals surface area (Å²) in [7, 11) is 0. The number of carbonyl (C=O) groups excluding carboxylic acids is 1. The largest absolute Gasteiger partial charge is 0.370 e. The molecule has 1 saturated heterocycles. The lowest BCUT2D eigenvalue weighted by molar-refractivity contribution is -0.131. The molecular formula is C27H37IN4O2. The number of ether oxygens (including phenoxy) is 1. The Morgan fingerprint density at radius 2 is 1.85 bits per heavy atom. The van der Waals surface area contributed by atoms with Crippen LogP contribution in [-0.4, -0.2) is 54.5 Å². The molecule has 1 fully saturated rings. The van der Waals surface area contributed by atoms with E-state index in [1.165, 1.54) is 27.8 Å². The van der Waals surface area contributed by atoms with Crippen LogP contribution >= 0.6 is 24.0 Å². The van der Waals surface area contributed by atoms with Gasteiger partial charge in [0, 0.05) is 39.1 Å². The summed E-state index contributed by atoms with van der Waals surface area (Å²) in [5.74, 6) is 1.13. The standard InChI is InChI=1S/C27H36N4O2.HI/c1-4-28-27(30-14-15-33-25(19-30)24-12-11-20(2)16-21(24)3)29-13-7-10-26(32)31-17-22-8-5-6-9-23(22)18-31;/h5-6,8-9,11-12,16,25H,4,7,10,13-15,17-19H2,1-3H3,(H,28,29);1H. The van der Waals surface area contributed by atoms with Crippen molar-refractivity contribution in [1.82, 2.24) is 15.1 Å². The summed E-state index contributed by atoms with van der Waals surface area (Å²) >= 11 is 0. The monoisotopic (exact) mass is 576 g/mol. The van der Waals surface area contributed by atoms with E-state index in [1.54, 1.807) is 0 Å². The summed E-state index contributed by atoms with van der Waals surface area (Å²) in [6.45, 7) is 11.5. The van der Waals surface area contributed by atoms with Crippen molar-refractivity contribution < 1.29 is 9.53 Å². The van der Waals surface area contributed by atoms with Crippen molar-refractivity contribution in [2.75, 3.05) is 32.8 Å². The van der Waals surface area contributed by atoms with Gasteiger partial charge in [-0.2, -0.15) is 0 Å². The molecule has 2 aliphatic rings. The van der Waals surface area contributed by atoms with E-state index in [9.17, 15) is 4.79 Å². The van der Waals surface area contributed by atoms with Crippen LogP contribution in [0, 0.1) is 13.8 Å². The van der Waals surface area contributed by atoms with Crippen molar-refractivity contribution in [3.63, 3.8) is 0 Å². The second-order valence-corrected chi connectivity index (χ2v) is 9.02. The number of carbonyl (C=O) groups is 1. The van der Waals surface area contributed by atoms with Crippen LogP contribution in [0.4, 0.5) is 0 Å². The molecule has 184 valence electrons. The molecule has 2 aliphatic heterocycles. The Morgan fingerprint density at radius 3 is 2.53 bits per heavy atom. The van der Waals surface area contributed by atoms with Gasteiger partial charge in [-0.25, -0.2) is 0 Å². The molecule has 34 heavy (non-hydrogen) atoms. The SMILES string of the molecule is CCNC(=NCCCC(=O)N1Cc2ccccc2C1)N1CCOC(c2ccc(C)cc2C)C1.I. The molecule has 2 aromatic rings. The van der Waals surface area contributed by atoms with Crippen LogP contribution in [0.3, 0.4) is 0 Å². The number of benzene rings is 2. The van der Waals surface area contributed by atoms with Crippen LogP contribution in [0.15, 0.2) is 47.5 Å². The van der Waals surface area contributed by atoms with Crippen LogP contribution < -0.4 is 5.32 Å². The van der Waals surface area contributed by atoms with Crippen molar-refractivity contribution >= 4 is 35.8 Å². The normalized spacial score (nSPS) is 17.9. The average molecular weight is 577 g/mol. The number of nitrogens with zero attached hydrogens (tertiary/aromatic N) is 3. The maximum absolute atomic E-state index is 12.7. The fourth-order valence-electron chi connectivity index (χ4n) is 4.73. The number of hydrogen-bond donors (Lipinski definition) is 1. The zero-order chi connectivity index (χ0) is 23.2. The first-order chi connectivity index (χ1) is 16.0.